The summed E-state index contributed by atoms with van der Waals surface area (Å²) in [5.41, 5.74) is 2.03. The van der Waals surface area contributed by atoms with E-state index in [0.717, 1.165) is 5.56 Å². The lowest BCUT2D eigenvalue weighted by molar-refractivity contribution is -0.151. The first-order valence-corrected chi connectivity index (χ1v) is 10.1. The number of carbonyl (C=O) groups is 2. The summed E-state index contributed by atoms with van der Waals surface area (Å²) >= 11 is 0. The van der Waals surface area contributed by atoms with Crippen molar-refractivity contribution in [2.75, 3.05) is 13.1 Å². The van der Waals surface area contributed by atoms with Crippen LogP contribution in [-0.4, -0.2) is 39.3 Å². The number of aryl methyl sites for hydroxylation is 1. The topological polar surface area (TPSA) is 81.0 Å². The molecule has 7 nitrogen and oxygen atoms in total. The van der Waals surface area contributed by atoms with E-state index in [4.69, 9.17) is 4.74 Å². The molecule has 1 fully saturated rings. The summed E-state index contributed by atoms with van der Waals surface area (Å²) in [4.78, 5) is 43.3. The first-order chi connectivity index (χ1) is 14.9. The second-order valence-electron chi connectivity index (χ2n) is 7.70. The van der Waals surface area contributed by atoms with Gasteiger partial charge in [-0.15, -0.1) is 0 Å². The molecule has 1 aliphatic heterocycles. The molecule has 0 radical (unpaired) electrons. The lowest BCUT2D eigenvalue weighted by atomic mass is 9.96. The van der Waals surface area contributed by atoms with Gasteiger partial charge in [0.1, 0.15) is 18.1 Å². The maximum Gasteiger partial charge on any atom is 0.309 e. The second kappa shape index (κ2) is 8.67. The Bertz CT molecular complexity index is 1180. The van der Waals surface area contributed by atoms with Gasteiger partial charge < -0.3 is 9.64 Å². The number of pyridine rings is 1. The molecule has 160 valence electrons. The molecule has 0 atom stereocenters. The standard InChI is InChI=1S/C23H22FN3O4/c1-15-2-7-20-25-19(12-21(28)27(20)13-15)14-31-23(30)17-8-10-26(11-9-17)22(29)16-3-5-18(24)6-4-16/h2-7,12-13,17H,8-11,14H2,1H3. The van der Waals surface area contributed by atoms with Crippen molar-refractivity contribution in [1.82, 2.24) is 14.3 Å². The van der Waals surface area contributed by atoms with Crippen molar-refractivity contribution in [2.24, 2.45) is 5.92 Å². The summed E-state index contributed by atoms with van der Waals surface area (Å²) in [5.74, 6) is -1.25. The number of benzene rings is 1. The smallest absolute Gasteiger partial charge is 0.309 e. The number of fused-ring (bicyclic) bond motifs is 1. The number of rotatable bonds is 4. The summed E-state index contributed by atoms with van der Waals surface area (Å²) in [6.07, 6.45) is 2.68. The van der Waals surface area contributed by atoms with E-state index in [2.05, 4.69) is 4.98 Å². The van der Waals surface area contributed by atoms with Crippen LogP contribution in [0, 0.1) is 18.7 Å². The van der Waals surface area contributed by atoms with Crippen LogP contribution in [0.2, 0.25) is 0 Å². The molecule has 1 amide bonds. The zero-order chi connectivity index (χ0) is 22.0. The van der Waals surface area contributed by atoms with Crippen LogP contribution in [0.1, 0.15) is 34.5 Å². The summed E-state index contributed by atoms with van der Waals surface area (Å²) in [6, 6.07) is 10.4. The SMILES string of the molecule is Cc1ccc2nc(COC(=O)C3CCN(C(=O)c4ccc(F)cc4)CC3)cc(=O)n2c1. The van der Waals surface area contributed by atoms with Crippen molar-refractivity contribution >= 4 is 17.5 Å². The van der Waals surface area contributed by atoms with Gasteiger partial charge in [0.2, 0.25) is 0 Å². The third-order valence-corrected chi connectivity index (χ3v) is 5.43. The predicted molar refractivity (Wildman–Crippen MR) is 111 cm³/mol. The normalized spacial score (nSPS) is 14.6. The number of esters is 1. The van der Waals surface area contributed by atoms with Gasteiger partial charge in [0, 0.05) is 30.9 Å². The van der Waals surface area contributed by atoms with E-state index >= 15 is 0 Å². The van der Waals surface area contributed by atoms with Crippen LogP contribution in [0.5, 0.6) is 0 Å². The van der Waals surface area contributed by atoms with E-state index in [1.807, 2.05) is 13.0 Å². The summed E-state index contributed by atoms with van der Waals surface area (Å²) in [6.45, 7) is 2.66. The van der Waals surface area contributed by atoms with E-state index in [9.17, 15) is 18.8 Å². The molecule has 0 unspecified atom stereocenters. The van der Waals surface area contributed by atoms with Crippen LogP contribution < -0.4 is 5.56 Å². The Kier molecular flexibility index (Phi) is 5.79. The molecular formula is C23H22FN3O4. The highest BCUT2D eigenvalue weighted by Gasteiger charge is 2.29. The van der Waals surface area contributed by atoms with Crippen molar-refractivity contribution in [3.63, 3.8) is 0 Å². The van der Waals surface area contributed by atoms with Crippen LogP contribution in [0.15, 0.2) is 53.5 Å². The second-order valence-corrected chi connectivity index (χ2v) is 7.70. The molecule has 0 N–H and O–H groups in total. The Hall–Kier alpha value is -3.55. The number of aromatic nitrogens is 2. The van der Waals surface area contributed by atoms with Gasteiger partial charge in [0.05, 0.1) is 11.6 Å². The number of hydrogen-bond donors (Lipinski definition) is 0. The quantitative estimate of drug-likeness (QED) is 0.603. The number of hydrogen-bond acceptors (Lipinski definition) is 5. The molecular weight excluding hydrogens is 401 g/mol. The Morgan fingerprint density at radius 3 is 2.55 bits per heavy atom. The zero-order valence-electron chi connectivity index (χ0n) is 17.1. The zero-order valence-corrected chi connectivity index (χ0v) is 17.1. The van der Waals surface area contributed by atoms with Gasteiger partial charge in [0.15, 0.2) is 0 Å². The molecule has 0 bridgehead atoms. The number of ether oxygens (including phenoxy) is 1. The van der Waals surface area contributed by atoms with Crippen LogP contribution in [0.3, 0.4) is 0 Å². The van der Waals surface area contributed by atoms with Crippen molar-refractivity contribution in [2.45, 2.75) is 26.4 Å². The average molecular weight is 423 g/mol. The van der Waals surface area contributed by atoms with Crippen molar-refractivity contribution < 1.29 is 18.7 Å². The molecule has 31 heavy (non-hydrogen) atoms. The molecule has 0 spiro atoms. The summed E-state index contributed by atoms with van der Waals surface area (Å²) in [7, 11) is 0. The highest BCUT2D eigenvalue weighted by Crippen LogP contribution is 2.21. The van der Waals surface area contributed by atoms with Crippen molar-refractivity contribution in [3.8, 4) is 0 Å². The molecule has 4 rings (SSSR count). The molecule has 2 aromatic heterocycles. The molecule has 1 aromatic carbocycles. The Morgan fingerprint density at radius 1 is 1.13 bits per heavy atom. The fourth-order valence-corrected chi connectivity index (χ4v) is 3.69. The maximum atomic E-state index is 13.0. The highest BCUT2D eigenvalue weighted by atomic mass is 19.1. The minimum atomic E-state index is -0.392. The first-order valence-electron chi connectivity index (χ1n) is 10.1. The number of nitrogens with zero attached hydrogens (tertiary/aromatic N) is 3. The Morgan fingerprint density at radius 2 is 1.84 bits per heavy atom. The minimum absolute atomic E-state index is 0.0762. The molecule has 3 aromatic rings. The van der Waals surface area contributed by atoms with E-state index in [1.165, 1.54) is 34.7 Å². The van der Waals surface area contributed by atoms with E-state index < -0.39 is 5.82 Å². The number of carbonyl (C=O) groups excluding carboxylic acids is 2. The number of halogens is 1. The lowest BCUT2D eigenvalue weighted by Gasteiger charge is -2.31. The van der Waals surface area contributed by atoms with Gasteiger partial charge in [-0.3, -0.25) is 18.8 Å². The number of amides is 1. The van der Waals surface area contributed by atoms with E-state index in [-0.39, 0.29) is 30.0 Å². The van der Waals surface area contributed by atoms with Crippen LogP contribution in [-0.2, 0) is 16.1 Å². The molecule has 3 heterocycles. The third kappa shape index (κ3) is 4.63. The average Bonchev–Trinajstić information content (AvgIpc) is 2.78. The largest absolute Gasteiger partial charge is 0.459 e. The highest BCUT2D eigenvalue weighted by molar-refractivity contribution is 5.94. The maximum absolute atomic E-state index is 13.0. The van der Waals surface area contributed by atoms with Crippen molar-refractivity contribution in [3.05, 3.63) is 81.7 Å². The van der Waals surface area contributed by atoms with Gasteiger partial charge in [-0.05, 0) is 55.7 Å². The van der Waals surface area contributed by atoms with Gasteiger partial charge in [-0.25, -0.2) is 9.37 Å². The molecule has 0 aliphatic carbocycles. The van der Waals surface area contributed by atoms with Gasteiger partial charge >= 0.3 is 5.97 Å². The molecule has 0 saturated carbocycles. The Labute approximate surface area is 178 Å². The van der Waals surface area contributed by atoms with Gasteiger partial charge in [0.25, 0.3) is 11.5 Å². The number of piperidine rings is 1. The molecule has 1 saturated heterocycles. The summed E-state index contributed by atoms with van der Waals surface area (Å²) in [5, 5.41) is 0. The third-order valence-electron chi connectivity index (χ3n) is 5.43. The summed E-state index contributed by atoms with van der Waals surface area (Å²) < 4.78 is 19.9. The van der Waals surface area contributed by atoms with E-state index in [0.29, 0.717) is 42.8 Å². The van der Waals surface area contributed by atoms with Crippen molar-refractivity contribution in [1.29, 1.82) is 0 Å². The minimum Gasteiger partial charge on any atom is -0.459 e. The Balaban J connectivity index is 1.33. The lowest BCUT2D eigenvalue weighted by Crippen LogP contribution is -2.40. The predicted octanol–water partition coefficient (Wildman–Crippen LogP) is 2.74. The fraction of sp³-hybridized carbons (Fsp3) is 0.304. The van der Waals surface area contributed by atoms with Crippen LogP contribution >= 0.6 is 0 Å². The monoisotopic (exact) mass is 423 g/mol. The van der Waals surface area contributed by atoms with Crippen LogP contribution in [0.25, 0.3) is 5.65 Å². The van der Waals surface area contributed by atoms with Gasteiger partial charge in [-0.2, -0.15) is 0 Å². The fourth-order valence-electron chi connectivity index (χ4n) is 3.69. The molecule has 8 heteroatoms. The van der Waals surface area contributed by atoms with E-state index in [1.54, 1.807) is 17.2 Å². The first kappa shape index (κ1) is 20.7. The molecule has 1 aliphatic rings. The van der Waals surface area contributed by atoms with Gasteiger partial charge in [-0.1, -0.05) is 6.07 Å². The number of likely N-dealkylation sites (tertiary alicyclic amines) is 1. The van der Waals surface area contributed by atoms with Crippen LogP contribution in [0.4, 0.5) is 4.39 Å².